The molecule has 4 nitrogen and oxygen atoms in total. The van der Waals surface area contributed by atoms with Crippen molar-refractivity contribution in [1.29, 1.82) is 0 Å². The van der Waals surface area contributed by atoms with Crippen molar-refractivity contribution in [2.75, 3.05) is 12.4 Å². The zero-order valence-electron chi connectivity index (χ0n) is 11.9. The third-order valence-electron chi connectivity index (χ3n) is 4.02. The van der Waals surface area contributed by atoms with Crippen molar-refractivity contribution < 1.29 is 4.79 Å². The predicted octanol–water partition coefficient (Wildman–Crippen LogP) is 3.19. The van der Waals surface area contributed by atoms with Crippen LogP contribution >= 0.6 is 11.3 Å². The molecule has 0 saturated heterocycles. The van der Waals surface area contributed by atoms with Gasteiger partial charge in [-0.25, -0.2) is 4.98 Å². The summed E-state index contributed by atoms with van der Waals surface area (Å²) < 4.78 is 0. The summed E-state index contributed by atoms with van der Waals surface area (Å²) in [5, 5.41) is 8.84. The van der Waals surface area contributed by atoms with Crippen LogP contribution in [0.1, 0.15) is 51.3 Å². The minimum atomic E-state index is 0.143. The molecule has 2 N–H and O–H groups in total. The van der Waals surface area contributed by atoms with Gasteiger partial charge in [-0.2, -0.15) is 0 Å². The number of hydrogen-bond acceptors (Lipinski definition) is 4. The number of anilines is 1. The molecule has 0 aromatic carbocycles. The molecule has 1 saturated carbocycles. The highest BCUT2D eigenvalue weighted by molar-refractivity contribution is 7.13. The maximum absolute atomic E-state index is 12.2. The summed E-state index contributed by atoms with van der Waals surface area (Å²) in [6, 6.07) is 0.220. The smallest absolute Gasteiger partial charge is 0.229 e. The van der Waals surface area contributed by atoms with E-state index >= 15 is 0 Å². The van der Waals surface area contributed by atoms with Crippen molar-refractivity contribution in [3.63, 3.8) is 0 Å². The Morgan fingerprint density at radius 2 is 2.11 bits per heavy atom. The van der Waals surface area contributed by atoms with Crippen molar-refractivity contribution in [3.05, 3.63) is 11.1 Å². The highest BCUT2D eigenvalue weighted by atomic mass is 32.1. The summed E-state index contributed by atoms with van der Waals surface area (Å²) in [6.07, 6.45) is 4.35. The Labute approximate surface area is 119 Å². The Morgan fingerprint density at radius 1 is 1.42 bits per heavy atom. The zero-order valence-corrected chi connectivity index (χ0v) is 12.7. The Morgan fingerprint density at radius 3 is 2.74 bits per heavy atom. The monoisotopic (exact) mass is 281 g/mol. The quantitative estimate of drug-likeness (QED) is 0.891. The van der Waals surface area contributed by atoms with E-state index in [0.717, 1.165) is 42.4 Å². The molecule has 1 atom stereocenters. The summed E-state index contributed by atoms with van der Waals surface area (Å²) in [5.74, 6) is 1.09. The van der Waals surface area contributed by atoms with Crippen LogP contribution in [0.4, 0.5) is 5.13 Å². The van der Waals surface area contributed by atoms with Crippen LogP contribution in [0.25, 0.3) is 0 Å². The SMILES string of the molecule is CNC(C)c1csc(NC(=O)C2CCC(C)CC2)n1. The van der Waals surface area contributed by atoms with Crippen LogP contribution in [0.3, 0.4) is 0 Å². The molecule has 2 rings (SSSR count). The van der Waals surface area contributed by atoms with E-state index < -0.39 is 0 Å². The van der Waals surface area contributed by atoms with Crippen molar-refractivity contribution in [2.45, 2.75) is 45.6 Å². The Hall–Kier alpha value is -0.940. The first kappa shape index (κ1) is 14.5. The topological polar surface area (TPSA) is 54.0 Å². The van der Waals surface area contributed by atoms with E-state index in [2.05, 4.69) is 29.5 Å². The van der Waals surface area contributed by atoms with Crippen molar-refractivity contribution >= 4 is 22.4 Å². The lowest BCUT2D eigenvalue weighted by Crippen LogP contribution is -2.26. The third-order valence-corrected chi connectivity index (χ3v) is 4.79. The number of carbonyl (C=O) groups excluding carboxylic acids is 1. The minimum Gasteiger partial charge on any atom is -0.312 e. The summed E-state index contributed by atoms with van der Waals surface area (Å²) in [7, 11) is 1.91. The zero-order chi connectivity index (χ0) is 13.8. The van der Waals surface area contributed by atoms with E-state index in [1.165, 1.54) is 11.3 Å². The molecule has 0 bridgehead atoms. The van der Waals surface area contributed by atoms with E-state index in [1.807, 2.05) is 12.4 Å². The van der Waals surface area contributed by atoms with Crippen LogP contribution in [0, 0.1) is 11.8 Å². The summed E-state index contributed by atoms with van der Waals surface area (Å²) in [6.45, 7) is 4.32. The molecule has 5 heteroatoms. The number of amides is 1. The van der Waals surface area contributed by atoms with Gasteiger partial charge in [0, 0.05) is 17.3 Å². The largest absolute Gasteiger partial charge is 0.312 e. The van der Waals surface area contributed by atoms with Gasteiger partial charge in [0.15, 0.2) is 5.13 Å². The number of nitrogens with one attached hydrogen (secondary N) is 2. The number of rotatable bonds is 4. The summed E-state index contributed by atoms with van der Waals surface area (Å²) in [4.78, 5) is 16.6. The van der Waals surface area contributed by atoms with Crippen LogP contribution in [-0.4, -0.2) is 17.9 Å². The van der Waals surface area contributed by atoms with Gasteiger partial charge in [0.25, 0.3) is 0 Å². The third kappa shape index (κ3) is 3.76. The van der Waals surface area contributed by atoms with Gasteiger partial charge in [0.1, 0.15) is 0 Å². The maximum Gasteiger partial charge on any atom is 0.229 e. The predicted molar refractivity (Wildman–Crippen MR) is 79.3 cm³/mol. The molecule has 1 unspecified atom stereocenters. The van der Waals surface area contributed by atoms with E-state index in [9.17, 15) is 4.79 Å². The molecule has 0 aliphatic heterocycles. The first-order valence-electron chi connectivity index (χ1n) is 7.03. The molecule has 1 aliphatic carbocycles. The van der Waals surface area contributed by atoms with E-state index in [0.29, 0.717) is 0 Å². The Kier molecular flexibility index (Phi) is 4.93. The second kappa shape index (κ2) is 6.48. The van der Waals surface area contributed by atoms with Gasteiger partial charge in [-0.3, -0.25) is 4.79 Å². The van der Waals surface area contributed by atoms with Gasteiger partial charge < -0.3 is 10.6 Å². The highest BCUT2D eigenvalue weighted by Crippen LogP contribution is 2.29. The number of hydrogen-bond donors (Lipinski definition) is 2. The molecule has 1 aromatic heterocycles. The van der Waals surface area contributed by atoms with Gasteiger partial charge in [-0.05, 0) is 45.6 Å². The van der Waals surface area contributed by atoms with Gasteiger partial charge in [-0.15, -0.1) is 11.3 Å². The van der Waals surface area contributed by atoms with E-state index in [1.54, 1.807) is 0 Å². The van der Waals surface area contributed by atoms with Crippen LogP contribution < -0.4 is 10.6 Å². The van der Waals surface area contributed by atoms with Crippen molar-refractivity contribution in [3.8, 4) is 0 Å². The fourth-order valence-electron chi connectivity index (χ4n) is 2.42. The molecule has 1 amide bonds. The number of nitrogens with zero attached hydrogens (tertiary/aromatic N) is 1. The Balaban J connectivity index is 1.90. The number of aromatic nitrogens is 1. The molecular formula is C14H23N3OS. The molecule has 19 heavy (non-hydrogen) atoms. The van der Waals surface area contributed by atoms with Gasteiger partial charge in [0.2, 0.25) is 5.91 Å². The number of carbonyl (C=O) groups is 1. The molecule has 1 fully saturated rings. The van der Waals surface area contributed by atoms with Gasteiger partial charge in [0.05, 0.1) is 5.69 Å². The van der Waals surface area contributed by atoms with Crippen LogP contribution in [0.15, 0.2) is 5.38 Å². The van der Waals surface area contributed by atoms with Gasteiger partial charge in [-0.1, -0.05) is 6.92 Å². The lowest BCUT2D eigenvalue weighted by atomic mass is 9.82. The standard InChI is InChI=1S/C14H23N3OS/c1-9-4-6-11(7-5-9)13(18)17-14-16-12(8-19-14)10(2)15-3/h8-11,15H,4-7H2,1-3H3,(H,16,17,18). The molecular weight excluding hydrogens is 258 g/mol. The lowest BCUT2D eigenvalue weighted by molar-refractivity contribution is -0.121. The first-order chi connectivity index (χ1) is 9.10. The second-order valence-corrected chi connectivity index (χ2v) is 6.39. The van der Waals surface area contributed by atoms with Crippen LogP contribution in [-0.2, 0) is 4.79 Å². The average molecular weight is 281 g/mol. The molecule has 1 aliphatic rings. The lowest BCUT2D eigenvalue weighted by Gasteiger charge is -2.24. The maximum atomic E-state index is 12.2. The molecule has 0 radical (unpaired) electrons. The minimum absolute atomic E-state index is 0.143. The van der Waals surface area contributed by atoms with Gasteiger partial charge >= 0.3 is 0 Å². The second-order valence-electron chi connectivity index (χ2n) is 5.53. The van der Waals surface area contributed by atoms with Crippen molar-refractivity contribution in [2.24, 2.45) is 11.8 Å². The first-order valence-corrected chi connectivity index (χ1v) is 7.91. The highest BCUT2D eigenvalue weighted by Gasteiger charge is 2.24. The van der Waals surface area contributed by atoms with Crippen LogP contribution in [0.2, 0.25) is 0 Å². The fraction of sp³-hybridized carbons (Fsp3) is 0.714. The summed E-state index contributed by atoms with van der Waals surface area (Å²) in [5.41, 5.74) is 0.986. The number of thiazole rings is 1. The molecule has 1 heterocycles. The van der Waals surface area contributed by atoms with Crippen molar-refractivity contribution in [1.82, 2.24) is 10.3 Å². The van der Waals surface area contributed by atoms with E-state index in [4.69, 9.17) is 0 Å². The Bertz CT molecular complexity index is 424. The van der Waals surface area contributed by atoms with Crippen LogP contribution in [0.5, 0.6) is 0 Å². The average Bonchev–Trinajstić information content (AvgIpc) is 2.87. The molecule has 1 aromatic rings. The fourth-order valence-corrected chi connectivity index (χ4v) is 3.23. The summed E-state index contributed by atoms with van der Waals surface area (Å²) >= 11 is 1.50. The molecule has 106 valence electrons. The normalized spacial score (nSPS) is 25.0. The van der Waals surface area contributed by atoms with E-state index in [-0.39, 0.29) is 17.9 Å². The molecule has 0 spiro atoms.